The summed E-state index contributed by atoms with van der Waals surface area (Å²) in [7, 11) is 0. The van der Waals surface area contributed by atoms with Gasteiger partial charge in [-0.25, -0.2) is 0 Å². The second-order valence-electron chi connectivity index (χ2n) is 7.21. The van der Waals surface area contributed by atoms with Crippen LogP contribution in [0.4, 0.5) is 11.5 Å². The highest BCUT2D eigenvalue weighted by atomic mass is 15.3. The number of para-hydroxylation sites is 1. The van der Waals surface area contributed by atoms with E-state index in [1.54, 1.807) is 0 Å². The lowest BCUT2D eigenvalue weighted by molar-refractivity contribution is 0.647. The molecule has 5 nitrogen and oxygen atoms in total. The van der Waals surface area contributed by atoms with Crippen LogP contribution in [0.3, 0.4) is 0 Å². The number of benzene rings is 2. The molecule has 0 atom stereocenters. The van der Waals surface area contributed by atoms with E-state index in [-0.39, 0.29) is 0 Å². The number of aromatic amines is 1. The summed E-state index contributed by atoms with van der Waals surface area (Å²) in [6, 6.07) is 25.1. The standard InChI is InChI=1S/C24H23N5/c1-3-7-20(8-4-1)23-22(19-11-13-25-14-12-19)24(27-26-23)29-17-15-28(16-18-29)21-9-5-2-6-10-21/h1-14H,15-18H2,(H,26,27). The number of pyridine rings is 1. The van der Waals surface area contributed by atoms with Gasteiger partial charge in [0, 0.05) is 49.8 Å². The van der Waals surface area contributed by atoms with Gasteiger partial charge in [-0.15, -0.1) is 0 Å². The van der Waals surface area contributed by atoms with Gasteiger partial charge >= 0.3 is 0 Å². The highest BCUT2D eigenvalue weighted by molar-refractivity contribution is 5.89. The van der Waals surface area contributed by atoms with Crippen molar-refractivity contribution in [3.8, 4) is 22.4 Å². The molecule has 0 saturated carbocycles. The molecule has 5 rings (SSSR count). The Balaban J connectivity index is 1.47. The van der Waals surface area contributed by atoms with Gasteiger partial charge in [-0.3, -0.25) is 10.1 Å². The number of hydrogen-bond donors (Lipinski definition) is 1. The van der Waals surface area contributed by atoms with Crippen LogP contribution < -0.4 is 9.80 Å². The molecule has 0 spiro atoms. The van der Waals surface area contributed by atoms with E-state index in [0.717, 1.165) is 54.4 Å². The average Bonchev–Trinajstić information content (AvgIpc) is 3.26. The van der Waals surface area contributed by atoms with Gasteiger partial charge < -0.3 is 9.80 Å². The molecule has 4 aromatic rings. The van der Waals surface area contributed by atoms with Crippen LogP contribution in [-0.2, 0) is 0 Å². The molecular formula is C24H23N5. The van der Waals surface area contributed by atoms with Gasteiger partial charge in [0.05, 0.1) is 11.3 Å². The number of anilines is 2. The quantitative estimate of drug-likeness (QED) is 0.567. The van der Waals surface area contributed by atoms with Crippen LogP contribution in [0.1, 0.15) is 0 Å². The smallest absolute Gasteiger partial charge is 0.159 e. The minimum absolute atomic E-state index is 0.937. The molecule has 29 heavy (non-hydrogen) atoms. The molecule has 1 fully saturated rings. The lowest BCUT2D eigenvalue weighted by Crippen LogP contribution is -2.46. The second kappa shape index (κ2) is 7.80. The molecule has 0 bridgehead atoms. The van der Waals surface area contributed by atoms with Crippen molar-refractivity contribution in [1.29, 1.82) is 0 Å². The number of piperazine rings is 1. The van der Waals surface area contributed by atoms with Crippen molar-refractivity contribution in [2.45, 2.75) is 0 Å². The molecule has 1 aliphatic heterocycles. The minimum atomic E-state index is 0.937. The maximum Gasteiger partial charge on any atom is 0.159 e. The summed E-state index contributed by atoms with van der Waals surface area (Å²) in [5.74, 6) is 1.02. The van der Waals surface area contributed by atoms with Gasteiger partial charge in [-0.1, -0.05) is 48.5 Å². The van der Waals surface area contributed by atoms with Crippen molar-refractivity contribution >= 4 is 11.5 Å². The Hall–Kier alpha value is -3.60. The summed E-state index contributed by atoms with van der Waals surface area (Å²) in [6.45, 7) is 3.83. The van der Waals surface area contributed by atoms with Crippen molar-refractivity contribution in [1.82, 2.24) is 15.2 Å². The van der Waals surface area contributed by atoms with E-state index in [0.29, 0.717) is 0 Å². The first-order valence-electron chi connectivity index (χ1n) is 9.99. The van der Waals surface area contributed by atoms with Gasteiger partial charge in [0.1, 0.15) is 0 Å². The number of aromatic nitrogens is 3. The molecule has 1 N–H and O–H groups in total. The van der Waals surface area contributed by atoms with Gasteiger partial charge in [0.15, 0.2) is 5.82 Å². The monoisotopic (exact) mass is 381 g/mol. The zero-order valence-electron chi connectivity index (χ0n) is 16.2. The van der Waals surface area contributed by atoms with Gasteiger partial charge in [-0.2, -0.15) is 5.10 Å². The topological polar surface area (TPSA) is 48.1 Å². The Kier molecular flexibility index (Phi) is 4.70. The molecule has 0 unspecified atom stereocenters. The summed E-state index contributed by atoms with van der Waals surface area (Å²) in [4.78, 5) is 9.02. The van der Waals surface area contributed by atoms with Crippen LogP contribution in [0.5, 0.6) is 0 Å². The molecule has 0 aliphatic carbocycles. The Morgan fingerprint density at radius 2 is 1.28 bits per heavy atom. The van der Waals surface area contributed by atoms with Crippen LogP contribution in [0.25, 0.3) is 22.4 Å². The predicted octanol–water partition coefficient (Wildman–Crippen LogP) is 4.47. The lowest BCUT2D eigenvalue weighted by atomic mass is 10.0. The second-order valence-corrected chi connectivity index (χ2v) is 7.21. The molecule has 1 saturated heterocycles. The van der Waals surface area contributed by atoms with E-state index in [2.05, 4.69) is 86.6 Å². The Bertz CT molecular complexity index is 1050. The van der Waals surface area contributed by atoms with E-state index >= 15 is 0 Å². The number of nitrogens with zero attached hydrogens (tertiary/aromatic N) is 4. The fourth-order valence-electron chi connectivity index (χ4n) is 3.98. The molecule has 2 aromatic carbocycles. The lowest BCUT2D eigenvalue weighted by Gasteiger charge is -2.36. The number of nitrogens with one attached hydrogen (secondary N) is 1. The van der Waals surface area contributed by atoms with E-state index < -0.39 is 0 Å². The van der Waals surface area contributed by atoms with Crippen LogP contribution in [-0.4, -0.2) is 41.4 Å². The highest BCUT2D eigenvalue weighted by Crippen LogP contribution is 2.38. The van der Waals surface area contributed by atoms with Crippen molar-refractivity contribution in [2.75, 3.05) is 36.0 Å². The SMILES string of the molecule is c1ccc(-c2[nH]nc(N3CCN(c4ccccc4)CC3)c2-c2ccncc2)cc1. The summed E-state index contributed by atoms with van der Waals surface area (Å²) in [5.41, 5.74) is 5.76. The molecule has 1 aliphatic rings. The molecule has 5 heteroatoms. The highest BCUT2D eigenvalue weighted by Gasteiger charge is 2.24. The minimum Gasteiger partial charge on any atom is -0.368 e. The van der Waals surface area contributed by atoms with Gasteiger partial charge in [0.25, 0.3) is 0 Å². The summed E-state index contributed by atoms with van der Waals surface area (Å²) in [6.07, 6.45) is 3.68. The molecule has 144 valence electrons. The number of hydrogen-bond acceptors (Lipinski definition) is 4. The van der Waals surface area contributed by atoms with Crippen LogP contribution >= 0.6 is 0 Å². The third-order valence-corrected chi connectivity index (χ3v) is 5.48. The summed E-state index contributed by atoms with van der Waals surface area (Å²) < 4.78 is 0. The van der Waals surface area contributed by atoms with Gasteiger partial charge in [-0.05, 0) is 29.8 Å². The van der Waals surface area contributed by atoms with Gasteiger partial charge in [0.2, 0.25) is 0 Å². The average molecular weight is 381 g/mol. The van der Waals surface area contributed by atoms with Crippen molar-refractivity contribution in [3.05, 3.63) is 85.2 Å². The van der Waals surface area contributed by atoms with Crippen molar-refractivity contribution in [2.24, 2.45) is 0 Å². The Labute approximate surface area is 170 Å². The fourth-order valence-corrected chi connectivity index (χ4v) is 3.98. The zero-order chi connectivity index (χ0) is 19.5. The summed E-state index contributed by atoms with van der Waals surface area (Å²) >= 11 is 0. The normalized spacial score (nSPS) is 14.2. The molecule has 2 aromatic heterocycles. The van der Waals surface area contributed by atoms with Crippen molar-refractivity contribution < 1.29 is 0 Å². The first kappa shape index (κ1) is 17.5. The first-order chi connectivity index (χ1) is 14.4. The molecular weight excluding hydrogens is 358 g/mol. The maximum atomic E-state index is 4.75. The van der Waals surface area contributed by atoms with Crippen LogP contribution in [0.15, 0.2) is 85.2 Å². The summed E-state index contributed by atoms with van der Waals surface area (Å²) in [5, 5.41) is 8.06. The molecule has 0 amide bonds. The van der Waals surface area contributed by atoms with E-state index in [4.69, 9.17) is 5.10 Å². The van der Waals surface area contributed by atoms with E-state index in [9.17, 15) is 0 Å². The van der Waals surface area contributed by atoms with E-state index in [1.807, 2.05) is 18.5 Å². The molecule has 0 radical (unpaired) electrons. The Morgan fingerprint density at radius 1 is 0.655 bits per heavy atom. The third kappa shape index (κ3) is 3.47. The first-order valence-corrected chi connectivity index (χ1v) is 9.99. The van der Waals surface area contributed by atoms with Crippen LogP contribution in [0, 0.1) is 0 Å². The van der Waals surface area contributed by atoms with Crippen molar-refractivity contribution in [3.63, 3.8) is 0 Å². The molecule has 3 heterocycles. The number of H-pyrrole nitrogens is 1. The number of rotatable bonds is 4. The zero-order valence-corrected chi connectivity index (χ0v) is 16.2. The fraction of sp³-hybridized carbons (Fsp3) is 0.167. The maximum absolute atomic E-state index is 4.75. The largest absolute Gasteiger partial charge is 0.368 e. The third-order valence-electron chi connectivity index (χ3n) is 5.48. The Morgan fingerprint density at radius 3 is 1.97 bits per heavy atom. The predicted molar refractivity (Wildman–Crippen MR) is 118 cm³/mol. The van der Waals surface area contributed by atoms with E-state index in [1.165, 1.54) is 5.69 Å². The van der Waals surface area contributed by atoms with Crippen LogP contribution in [0.2, 0.25) is 0 Å².